The molecule has 90 valence electrons. The predicted molar refractivity (Wildman–Crippen MR) is 59.0 cm³/mol. The van der Waals surface area contributed by atoms with Gasteiger partial charge in [-0.1, -0.05) is 0 Å². The van der Waals surface area contributed by atoms with Crippen LogP contribution in [-0.2, 0) is 9.47 Å². The number of hydrogen-bond acceptors (Lipinski definition) is 4. The minimum Gasteiger partial charge on any atom is -0.394 e. The SMILES string of the molecule is COCC(C)N1CCC(OCCO)CC1. The van der Waals surface area contributed by atoms with E-state index in [9.17, 15) is 0 Å². The lowest BCUT2D eigenvalue weighted by atomic mass is 10.1. The van der Waals surface area contributed by atoms with Gasteiger partial charge in [0.1, 0.15) is 0 Å². The smallest absolute Gasteiger partial charge is 0.0701 e. The second-order valence-corrected chi connectivity index (χ2v) is 4.13. The van der Waals surface area contributed by atoms with Crippen molar-refractivity contribution < 1.29 is 14.6 Å². The molecule has 4 heteroatoms. The number of likely N-dealkylation sites (tertiary alicyclic amines) is 1. The Morgan fingerprint density at radius 3 is 2.60 bits per heavy atom. The van der Waals surface area contributed by atoms with Crippen molar-refractivity contribution >= 4 is 0 Å². The zero-order chi connectivity index (χ0) is 11.1. The molecule has 0 aromatic heterocycles. The largest absolute Gasteiger partial charge is 0.394 e. The number of piperidine rings is 1. The van der Waals surface area contributed by atoms with Gasteiger partial charge in [-0.25, -0.2) is 0 Å². The fourth-order valence-electron chi connectivity index (χ4n) is 2.05. The van der Waals surface area contributed by atoms with E-state index in [1.54, 1.807) is 7.11 Å². The normalized spacial score (nSPS) is 21.8. The Morgan fingerprint density at radius 1 is 1.40 bits per heavy atom. The van der Waals surface area contributed by atoms with E-state index in [0.29, 0.717) is 18.8 Å². The van der Waals surface area contributed by atoms with Gasteiger partial charge in [-0.3, -0.25) is 4.90 Å². The van der Waals surface area contributed by atoms with E-state index in [0.717, 1.165) is 32.5 Å². The van der Waals surface area contributed by atoms with Crippen molar-refractivity contribution in [1.29, 1.82) is 0 Å². The molecule has 0 spiro atoms. The van der Waals surface area contributed by atoms with Gasteiger partial charge in [-0.05, 0) is 19.8 Å². The first-order valence-electron chi connectivity index (χ1n) is 5.73. The van der Waals surface area contributed by atoms with Gasteiger partial charge in [-0.15, -0.1) is 0 Å². The molecule has 0 amide bonds. The third-order valence-corrected chi connectivity index (χ3v) is 2.95. The van der Waals surface area contributed by atoms with Gasteiger partial charge in [0.2, 0.25) is 0 Å². The van der Waals surface area contributed by atoms with Crippen molar-refractivity contribution in [3.8, 4) is 0 Å². The Hall–Kier alpha value is -0.160. The van der Waals surface area contributed by atoms with Crippen molar-refractivity contribution in [2.24, 2.45) is 0 Å². The summed E-state index contributed by atoms with van der Waals surface area (Å²) in [6.07, 6.45) is 2.46. The van der Waals surface area contributed by atoms with Gasteiger partial charge in [0.15, 0.2) is 0 Å². The summed E-state index contributed by atoms with van der Waals surface area (Å²) in [5.41, 5.74) is 0. The molecular formula is C11H23NO3. The minimum absolute atomic E-state index is 0.125. The second-order valence-electron chi connectivity index (χ2n) is 4.13. The standard InChI is InChI=1S/C11H23NO3/c1-10(9-14-2)12-5-3-11(4-6-12)15-8-7-13/h10-11,13H,3-9H2,1-2H3. The maximum atomic E-state index is 8.66. The number of hydrogen-bond donors (Lipinski definition) is 1. The van der Waals surface area contributed by atoms with Crippen molar-refractivity contribution in [1.82, 2.24) is 4.90 Å². The first kappa shape index (κ1) is 12.9. The zero-order valence-corrected chi connectivity index (χ0v) is 9.82. The fraction of sp³-hybridized carbons (Fsp3) is 1.00. The number of nitrogens with zero attached hydrogens (tertiary/aromatic N) is 1. The minimum atomic E-state index is 0.125. The molecule has 1 heterocycles. The molecule has 0 bridgehead atoms. The van der Waals surface area contributed by atoms with Crippen LogP contribution in [0.25, 0.3) is 0 Å². The van der Waals surface area contributed by atoms with Crippen LogP contribution in [0.15, 0.2) is 0 Å². The van der Waals surface area contributed by atoms with E-state index < -0.39 is 0 Å². The fourth-order valence-corrected chi connectivity index (χ4v) is 2.05. The van der Waals surface area contributed by atoms with Crippen LogP contribution in [-0.4, -0.2) is 62.2 Å². The number of ether oxygens (including phenoxy) is 2. The van der Waals surface area contributed by atoms with Crippen molar-refractivity contribution in [2.75, 3.05) is 40.0 Å². The molecule has 15 heavy (non-hydrogen) atoms. The molecule has 0 saturated carbocycles. The van der Waals surface area contributed by atoms with Gasteiger partial charge >= 0.3 is 0 Å². The third-order valence-electron chi connectivity index (χ3n) is 2.95. The maximum absolute atomic E-state index is 8.66. The van der Waals surface area contributed by atoms with Crippen LogP contribution in [0.2, 0.25) is 0 Å². The highest BCUT2D eigenvalue weighted by atomic mass is 16.5. The molecule has 1 N–H and O–H groups in total. The molecule has 1 unspecified atom stereocenters. The lowest BCUT2D eigenvalue weighted by Gasteiger charge is -2.35. The molecule has 1 aliphatic heterocycles. The van der Waals surface area contributed by atoms with E-state index in [1.165, 1.54) is 0 Å². The van der Waals surface area contributed by atoms with Crippen molar-refractivity contribution in [2.45, 2.75) is 31.9 Å². The van der Waals surface area contributed by atoms with E-state index in [4.69, 9.17) is 14.6 Å². The highest BCUT2D eigenvalue weighted by Gasteiger charge is 2.22. The van der Waals surface area contributed by atoms with Gasteiger partial charge in [0, 0.05) is 26.2 Å². The average molecular weight is 217 g/mol. The quantitative estimate of drug-likeness (QED) is 0.703. The number of aliphatic hydroxyl groups excluding tert-OH is 1. The van der Waals surface area contributed by atoms with Gasteiger partial charge in [0.25, 0.3) is 0 Å². The highest BCUT2D eigenvalue weighted by Crippen LogP contribution is 2.15. The van der Waals surface area contributed by atoms with Crippen molar-refractivity contribution in [3.05, 3.63) is 0 Å². The van der Waals surface area contributed by atoms with Crippen LogP contribution in [0.5, 0.6) is 0 Å². The lowest BCUT2D eigenvalue weighted by Crippen LogP contribution is -2.44. The monoisotopic (exact) mass is 217 g/mol. The molecule has 1 atom stereocenters. The number of methoxy groups -OCH3 is 1. The van der Waals surface area contributed by atoms with Crippen LogP contribution in [0, 0.1) is 0 Å². The molecule has 0 aromatic rings. The van der Waals surface area contributed by atoms with Crippen LogP contribution in [0.4, 0.5) is 0 Å². The van der Waals surface area contributed by atoms with E-state index >= 15 is 0 Å². The third kappa shape index (κ3) is 4.47. The van der Waals surface area contributed by atoms with E-state index in [1.807, 2.05) is 0 Å². The summed E-state index contributed by atoms with van der Waals surface area (Å²) in [6.45, 7) is 5.72. The number of aliphatic hydroxyl groups is 1. The van der Waals surface area contributed by atoms with E-state index in [2.05, 4.69) is 11.8 Å². The van der Waals surface area contributed by atoms with Crippen LogP contribution in [0.1, 0.15) is 19.8 Å². The zero-order valence-electron chi connectivity index (χ0n) is 9.82. The average Bonchev–Trinajstić information content (AvgIpc) is 2.27. The number of rotatable bonds is 6. The summed E-state index contributed by atoms with van der Waals surface area (Å²) in [7, 11) is 1.74. The molecule has 0 aromatic carbocycles. The Kier molecular flexibility index (Phi) is 6.17. The predicted octanol–water partition coefficient (Wildman–Crippen LogP) is 0.495. The maximum Gasteiger partial charge on any atom is 0.0701 e. The Labute approximate surface area is 92.2 Å². The van der Waals surface area contributed by atoms with Crippen LogP contribution >= 0.6 is 0 Å². The Bertz CT molecular complexity index is 158. The summed E-state index contributed by atoms with van der Waals surface area (Å²) < 4.78 is 10.7. The molecule has 1 aliphatic rings. The second kappa shape index (κ2) is 7.17. The molecule has 0 radical (unpaired) electrons. The Balaban J connectivity index is 2.17. The van der Waals surface area contributed by atoms with Gasteiger partial charge in [-0.2, -0.15) is 0 Å². The molecule has 1 saturated heterocycles. The summed E-state index contributed by atoms with van der Waals surface area (Å²) in [6, 6.07) is 0.494. The van der Waals surface area contributed by atoms with Gasteiger partial charge < -0.3 is 14.6 Å². The lowest BCUT2D eigenvalue weighted by molar-refractivity contribution is -0.0204. The summed E-state index contributed by atoms with van der Waals surface area (Å²) in [5.74, 6) is 0. The first-order valence-corrected chi connectivity index (χ1v) is 5.73. The Morgan fingerprint density at radius 2 is 2.07 bits per heavy atom. The summed E-state index contributed by atoms with van der Waals surface area (Å²) in [4.78, 5) is 2.43. The van der Waals surface area contributed by atoms with Gasteiger partial charge in [0.05, 0.1) is 25.9 Å². The molecule has 0 aliphatic carbocycles. The summed E-state index contributed by atoms with van der Waals surface area (Å²) >= 11 is 0. The van der Waals surface area contributed by atoms with Crippen LogP contribution in [0.3, 0.4) is 0 Å². The molecular weight excluding hydrogens is 194 g/mol. The first-order chi connectivity index (χ1) is 7.27. The topological polar surface area (TPSA) is 41.9 Å². The van der Waals surface area contributed by atoms with Crippen molar-refractivity contribution in [3.63, 3.8) is 0 Å². The van der Waals surface area contributed by atoms with Crippen LogP contribution < -0.4 is 0 Å². The van der Waals surface area contributed by atoms with E-state index in [-0.39, 0.29) is 6.61 Å². The highest BCUT2D eigenvalue weighted by molar-refractivity contribution is 4.76. The molecule has 4 nitrogen and oxygen atoms in total. The molecule has 1 rings (SSSR count). The summed E-state index contributed by atoms with van der Waals surface area (Å²) in [5, 5.41) is 8.66. The molecule has 1 fully saturated rings.